The number of carbonyl (C=O) groups excluding carboxylic acids is 2. The van der Waals surface area contributed by atoms with Gasteiger partial charge in [-0.05, 0) is 36.6 Å². The Bertz CT molecular complexity index is 524. The van der Waals surface area contributed by atoms with Crippen molar-refractivity contribution in [1.29, 1.82) is 0 Å². The first-order valence-corrected chi connectivity index (χ1v) is 6.71. The molecule has 0 aliphatic rings. The van der Waals surface area contributed by atoms with Gasteiger partial charge in [-0.1, -0.05) is 13.8 Å². The lowest BCUT2D eigenvalue weighted by molar-refractivity contribution is -0.143. The molecule has 0 saturated carbocycles. The van der Waals surface area contributed by atoms with Gasteiger partial charge in [0, 0.05) is 5.56 Å². The maximum absolute atomic E-state index is 12.5. The normalized spacial score (nSPS) is 12.9. The van der Waals surface area contributed by atoms with Gasteiger partial charge in [0.1, 0.15) is 6.04 Å². The van der Waals surface area contributed by atoms with Gasteiger partial charge in [-0.3, -0.25) is 4.79 Å². The number of carbonyl (C=O) groups is 2. The number of alkyl halides is 3. The number of methoxy groups -OCH3 is 1. The van der Waals surface area contributed by atoms with Crippen LogP contribution in [0.15, 0.2) is 24.3 Å². The number of esters is 1. The van der Waals surface area contributed by atoms with Crippen molar-refractivity contribution in [1.82, 2.24) is 5.32 Å². The van der Waals surface area contributed by atoms with Gasteiger partial charge in [0.05, 0.1) is 12.7 Å². The van der Waals surface area contributed by atoms with E-state index in [-0.39, 0.29) is 11.5 Å². The van der Waals surface area contributed by atoms with Crippen LogP contribution >= 0.6 is 0 Å². The number of ether oxygens (including phenoxy) is 1. The molecule has 0 radical (unpaired) electrons. The number of hydrogen-bond donors (Lipinski definition) is 1. The maximum atomic E-state index is 12.5. The maximum Gasteiger partial charge on any atom is 0.416 e. The molecule has 0 bridgehead atoms. The molecule has 0 heterocycles. The topological polar surface area (TPSA) is 55.4 Å². The summed E-state index contributed by atoms with van der Waals surface area (Å²) in [6.07, 6.45) is -4.08. The molecule has 1 aromatic rings. The Morgan fingerprint density at radius 2 is 1.73 bits per heavy atom. The molecule has 0 fully saturated rings. The zero-order valence-electron chi connectivity index (χ0n) is 12.5. The molecule has 1 N–H and O–H groups in total. The summed E-state index contributed by atoms with van der Waals surface area (Å²) in [5.41, 5.74) is -0.790. The van der Waals surface area contributed by atoms with Crippen molar-refractivity contribution >= 4 is 11.9 Å². The molecule has 0 aliphatic heterocycles. The molecule has 4 nitrogen and oxygen atoms in total. The highest BCUT2D eigenvalue weighted by Crippen LogP contribution is 2.29. The lowest BCUT2D eigenvalue weighted by Gasteiger charge is -2.18. The summed E-state index contributed by atoms with van der Waals surface area (Å²) in [6.45, 7) is 3.75. The molecule has 0 saturated heterocycles. The van der Waals surface area contributed by atoms with Crippen molar-refractivity contribution < 1.29 is 27.5 Å². The van der Waals surface area contributed by atoms with Crippen molar-refractivity contribution in [2.24, 2.45) is 5.92 Å². The first-order valence-electron chi connectivity index (χ1n) is 6.71. The highest BCUT2D eigenvalue weighted by molar-refractivity contribution is 5.96. The second-order valence-corrected chi connectivity index (χ2v) is 5.25. The fraction of sp³-hybridized carbons (Fsp3) is 0.467. The number of amides is 1. The number of halogens is 3. The molecule has 0 aromatic heterocycles. The first kappa shape index (κ1) is 18.0. The Balaban J connectivity index is 2.83. The standard InChI is InChI=1S/C15H18F3NO3/c1-9(2)8-12(14(21)22-3)19-13(20)10-4-6-11(7-5-10)15(16,17)18/h4-7,9,12H,8H2,1-3H3,(H,19,20)/t12-/m0/s1. The van der Waals surface area contributed by atoms with Crippen LogP contribution in [0.4, 0.5) is 13.2 Å². The first-order chi connectivity index (χ1) is 10.1. The molecule has 0 unspecified atom stereocenters. The number of benzene rings is 1. The van der Waals surface area contributed by atoms with Crippen molar-refractivity contribution in [3.05, 3.63) is 35.4 Å². The molecule has 0 spiro atoms. The van der Waals surface area contributed by atoms with E-state index in [2.05, 4.69) is 10.1 Å². The zero-order valence-corrected chi connectivity index (χ0v) is 12.5. The number of rotatable bonds is 5. The van der Waals surface area contributed by atoms with Crippen LogP contribution in [0.1, 0.15) is 36.2 Å². The van der Waals surface area contributed by atoms with E-state index in [0.717, 1.165) is 24.3 Å². The Hall–Kier alpha value is -2.05. The monoisotopic (exact) mass is 317 g/mol. The van der Waals surface area contributed by atoms with Crippen molar-refractivity contribution in [2.45, 2.75) is 32.5 Å². The number of nitrogens with one attached hydrogen (secondary N) is 1. The summed E-state index contributed by atoms with van der Waals surface area (Å²) in [7, 11) is 1.21. The molecule has 0 aliphatic carbocycles. The highest BCUT2D eigenvalue weighted by Gasteiger charge is 2.30. The predicted molar refractivity (Wildman–Crippen MR) is 74.2 cm³/mol. The third-order valence-corrected chi connectivity index (χ3v) is 2.97. The summed E-state index contributed by atoms with van der Waals surface area (Å²) in [4.78, 5) is 23.6. The molecular weight excluding hydrogens is 299 g/mol. The average Bonchev–Trinajstić information content (AvgIpc) is 2.44. The summed E-state index contributed by atoms with van der Waals surface area (Å²) < 4.78 is 42.0. The van der Waals surface area contributed by atoms with Crippen LogP contribution in [-0.4, -0.2) is 25.0 Å². The van der Waals surface area contributed by atoms with Crippen LogP contribution in [-0.2, 0) is 15.7 Å². The SMILES string of the molecule is COC(=O)[C@H](CC(C)C)NC(=O)c1ccc(C(F)(F)F)cc1. The van der Waals surface area contributed by atoms with Crippen LogP contribution in [0.5, 0.6) is 0 Å². The lowest BCUT2D eigenvalue weighted by Crippen LogP contribution is -2.42. The fourth-order valence-electron chi connectivity index (χ4n) is 1.88. The van der Waals surface area contributed by atoms with Crippen LogP contribution in [0, 0.1) is 5.92 Å². The van der Waals surface area contributed by atoms with E-state index in [4.69, 9.17) is 0 Å². The second-order valence-electron chi connectivity index (χ2n) is 5.25. The van der Waals surface area contributed by atoms with Crippen LogP contribution in [0.2, 0.25) is 0 Å². The van der Waals surface area contributed by atoms with Crippen LogP contribution in [0.3, 0.4) is 0 Å². The van der Waals surface area contributed by atoms with Crippen LogP contribution in [0.25, 0.3) is 0 Å². The molecule has 7 heteroatoms. The van der Waals surface area contributed by atoms with Crippen molar-refractivity contribution in [3.63, 3.8) is 0 Å². The van der Waals surface area contributed by atoms with Gasteiger partial charge in [-0.25, -0.2) is 4.79 Å². The molecule has 1 rings (SSSR count). The van der Waals surface area contributed by atoms with E-state index >= 15 is 0 Å². The minimum absolute atomic E-state index is 0.0469. The van der Waals surface area contributed by atoms with E-state index in [1.165, 1.54) is 7.11 Å². The smallest absolute Gasteiger partial charge is 0.416 e. The van der Waals surface area contributed by atoms with Gasteiger partial charge >= 0.3 is 12.1 Å². The van der Waals surface area contributed by atoms with Crippen molar-refractivity contribution in [3.8, 4) is 0 Å². The molecule has 1 aromatic carbocycles. The molecular formula is C15H18F3NO3. The van der Waals surface area contributed by atoms with E-state index in [1.807, 2.05) is 13.8 Å². The Labute approximate surface area is 126 Å². The lowest BCUT2D eigenvalue weighted by atomic mass is 10.0. The van der Waals surface area contributed by atoms with Gasteiger partial charge in [-0.15, -0.1) is 0 Å². The minimum Gasteiger partial charge on any atom is -0.467 e. The van der Waals surface area contributed by atoms with Crippen molar-refractivity contribution in [2.75, 3.05) is 7.11 Å². The summed E-state index contributed by atoms with van der Waals surface area (Å²) in [6, 6.07) is 2.96. The zero-order chi connectivity index (χ0) is 16.9. The molecule has 22 heavy (non-hydrogen) atoms. The van der Waals surface area contributed by atoms with Gasteiger partial charge < -0.3 is 10.1 Å². The van der Waals surface area contributed by atoms with E-state index in [1.54, 1.807) is 0 Å². The average molecular weight is 317 g/mol. The fourth-order valence-corrected chi connectivity index (χ4v) is 1.88. The van der Waals surface area contributed by atoms with Crippen LogP contribution < -0.4 is 5.32 Å². The van der Waals surface area contributed by atoms with Gasteiger partial charge in [-0.2, -0.15) is 13.2 Å². The summed E-state index contributed by atoms with van der Waals surface area (Å²) in [5.74, 6) is -1.07. The number of hydrogen-bond acceptors (Lipinski definition) is 3. The Morgan fingerprint density at radius 1 is 1.18 bits per heavy atom. The van der Waals surface area contributed by atoms with Gasteiger partial charge in [0.15, 0.2) is 0 Å². The largest absolute Gasteiger partial charge is 0.467 e. The van der Waals surface area contributed by atoms with E-state index < -0.39 is 29.7 Å². The minimum atomic E-state index is -4.46. The predicted octanol–water partition coefficient (Wildman–Crippen LogP) is 3.02. The van der Waals surface area contributed by atoms with E-state index in [0.29, 0.717) is 6.42 Å². The Morgan fingerprint density at radius 3 is 2.14 bits per heavy atom. The van der Waals surface area contributed by atoms with Gasteiger partial charge in [0.25, 0.3) is 5.91 Å². The second kappa shape index (κ2) is 7.29. The molecule has 122 valence electrons. The summed E-state index contributed by atoms with van der Waals surface area (Å²) in [5, 5.41) is 2.48. The Kier molecular flexibility index (Phi) is 5.96. The van der Waals surface area contributed by atoms with E-state index in [9.17, 15) is 22.8 Å². The van der Waals surface area contributed by atoms with Gasteiger partial charge in [0.2, 0.25) is 0 Å². The summed E-state index contributed by atoms with van der Waals surface area (Å²) >= 11 is 0. The third-order valence-electron chi connectivity index (χ3n) is 2.97. The highest BCUT2D eigenvalue weighted by atomic mass is 19.4. The molecule has 1 atom stereocenters. The quantitative estimate of drug-likeness (QED) is 0.849. The third kappa shape index (κ3) is 5.05. The molecule has 1 amide bonds.